The van der Waals surface area contributed by atoms with E-state index in [1.54, 1.807) is 6.92 Å². The molecule has 2 aliphatic rings. The maximum atomic E-state index is 11.4. The van der Waals surface area contributed by atoms with Gasteiger partial charge in [-0.2, -0.15) is 0 Å². The van der Waals surface area contributed by atoms with E-state index in [9.17, 15) is 4.79 Å². The fraction of sp³-hybridized carbons (Fsp3) is 0.900. The first-order chi connectivity index (χ1) is 7.56. The highest BCUT2D eigenvalue weighted by Gasteiger charge is 2.50. The van der Waals surface area contributed by atoms with Crippen LogP contribution in [-0.2, 0) is 9.53 Å². The standard InChI is InChI=1S/C10H16N4O2/c1-6(15)9-7-3-10(2,5-13-14-11)16-8(7)4-12-9/h7-9,12H,3-5H2,1-2H3/t7?,8?,9-,10?/m1/s1. The summed E-state index contributed by atoms with van der Waals surface area (Å²) < 4.78 is 5.88. The summed E-state index contributed by atoms with van der Waals surface area (Å²) in [7, 11) is 0. The molecule has 0 aromatic heterocycles. The third-order valence-electron chi connectivity index (χ3n) is 3.45. The third kappa shape index (κ3) is 1.91. The first-order valence-electron chi connectivity index (χ1n) is 5.48. The molecular weight excluding hydrogens is 208 g/mol. The minimum Gasteiger partial charge on any atom is -0.370 e. The SMILES string of the molecule is CC(=O)[C@H]1NCC2OC(C)(CN=[N+]=[N-])CC21. The van der Waals surface area contributed by atoms with Crippen LogP contribution in [0.5, 0.6) is 0 Å². The van der Waals surface area contributed by atoms with Crippen LogP contribution in [0.25, 0.3) is 10.4 Å². The normalized spacial score (nSPS) is 41.5. The van der Waals surface area contributed by atoms with Gasteiger partial charge in [-0.05, 0) is 25.8 Å². The fourth-order valence-electron chi connectivity index (χ4n) is 2.78. The second-order valence-corrected chi connectivity index (χ2v) is 4.86. The summed E-state index contributed by atoms with van der Waals surface area (Å²) in [6.07, 6.45) is 0.848. The van der Waals surface area contributed by atoms with Crippen LogP contribution < -0.4 is 5.32 Å². The van der Waals surface area contributed by atoms with Crippen molar-refractivity contribution in [2.45, 2.75) is 38.0 Å². The summed E-state index contributed by atoms with van der Waals surface area (Å²) in [5.74, 6) is 0.375. The molecule has 0 bridgehead atoms. The molecule has 6 nitrogen and oxygen atoms in total. The molecule has 16 heavy (non-hydrogen) atoms. The van der Waals surface area contributed by atoms with Crippen LogP contribution in [-0.4, -0.2) is 36.6 Å². The molecule has 2 rings (SSSR count). The molecule has 0 spiro atoms. The molecule has 0 aromatic rings. The van der Waals surface area contributed by atoms with Crippen LogP contribution in [0.1, 0.15) is 20.3 Å². The van der Waals surface area contributed by atoms with Crippen molar-refractivity contribution in [3.8, 4) is 0 Å². The zero-order valence-electron chi connectivity index (χ0n) is 9.51. The number of hydrogen-bond donors (Lipinski definition) is 1. The Kier molecular flexibility index (Phi) is 2.88. The number of azide groups is 1. The molecule has 1 N–H and O–H groups in total. The first-order valence-corrected chi connectivity index (χ1v) is 5.48. The summed E-state index contributed by atoms with van der Waals surface area (Å²) in [5.41, 5.74) is 7.92. The molecule has 2 saturated heterocycles. The molecule has 0 amide bonds. The monoisotopic (exact) mass is 224 g/mol. The van der Waals surface area contributed by atoms with Crippen molar-refractivity contribution < 1.29 is 9.53 Å². The lowest BCUT2D eigenvalue weighted by Gasteiger charge is -2.23. The van der Waals surface area contributed by atoms with Crippen molar-refractivity contribution in [3.63, 3.8) is 0 Å². The maximum absolute atomic E-state index is 11.4. The Labute approximate surface area is 94.0 Å². The highest BCUT2D eigenvalue weighted by molar-refractivity contribution is 5.82. The van der Waals surface area contributed by atoms with Gasteiger partial charge in [-0.3, -0.25) is 4.79 Å². The Morgan fingerprint density at radius 2 is 2.50 bits per heavy atom. The van der Waals surface area contributed by atoms with Gasteiger partial charge in [0.15, 0.2) is 0 Å². The second-order valence-electron chi connectivity index (χ2n) is 4.86. The summed E-state index contributed by atoms with van der Waals surface area (Å²) in [6.45, 7) is 4.59. The van der Waals surface area contributed by atoms with Gasteiger partial charge < -0.3 is 10.1 Å². The number of hydrogen-bond acceptors (Lipinski definition) is 4. The molecule has 0 saturated carbocycles. The van der Waals surface area contributed by atoms with Crippen LogP contribution in [0.2, 0.25) is 0 Å². The summed E-state index contributed by atoms with van der Waals surface area (Å²) in [6, 6.07) is -0.0992. The van der Waals surface area contributed by atoms with E-state index in [0.29, 0.717) is 13.1 Å². The van der Waals surface area contributed by atoms with Crippen LogP contribution in [0, 0.1) is 5.92 Å². The van der Waals surface area contributed by atoms with Gasteiger partial charge in [0.2, 0.25) is 0 Å². The van der Waals surface area contributed by atoms with E-state index in [4.69, 9.17) is 10.3 Å². The van der Waals surface area contributed by atoms with Gasteiger partial charge >= 0.3 is 0 Å². The number of fused-ring (bicyclic) bond motifs is 1. The topological polar surface area (TPSA) is 87.1 Å². The van der Waals surface area contributed by atoms with Crippen molar-refractivity contribution in [2.75, 3.05) is 13.1 Å². The molecule has 6 heteroatoms. The Morgan fingerprint density at radius 1 is 1.75 bits per heavy atom. The van der Waals surface area contributed by atoms with Crippen molar-refractivity contribution in [3.05, 3.63) is 10.4 Å². The number of nitrogens with zero attached hydrogens (tertiary/aromatic N) is 3. The summed E-state index contributed by atoms with van der Waals surface area (Å²) in [4.78, 5) is 14.2. The molecule has 2 aliphatic heterocycles. The van der Waals surface area contributed by atoms with Crippen LogP contribution in [0.4, 0.5) is 0 Å². The minimum atomic E-state index is -0.405. The lowest BCUT2D eigenvalue weighted by Crippen LogP contribution is -2.37. The highest BCUT2D eigenvalue weighted by atomic mass is 16.5. The van der Waals surface area contributed by atoms with Gasteiger partial charge in [0, 0.05) is 17.4 Å². The smallest absolute Gasteiger partial charge is 0.147 e. The predicted molar refractivity (Wildman–Crippen MR) is 57.9 cm³/mol. The fourth-order valence-corrected chi connectivity index (χ4v) is 2.78. The van der Waals surface area contributed by atoms with Gasteiger partial charge in [0.25, 0.3) is 0 Å². The van der Waals surface area contributed by atoms with Gasteiger partial charge in [-0.1, -0.05) is 5.11 Å². The highest BCUT2D eigenvalue weighted by Crippen LogP contribution is 2.39. The molecular formula is C10H16N4O2. The number of rotatable bonds is 3. The zero-order chi connectivity index (χ0) is 11.8. The molecule has 88 valence electrons. The van der Waals surface area contributed by atoms with Crippen molar-refractivity contribution in [1.29, 1.82) is 0 Å². The predicted octanol–water partition coefficient (Wildman–Crippen LogP) is 1.02. The molecule has 3 unspecified atom stereocenters. The van der Waals surface area contributed by atoms with E-state index < -0.39 is 5.60 Å². The average Bonchev–Trinajstić information content (AvgIpc) is 2.71. The average molecular weight is 224 g/mol. The summed E-state index contributed by atoms with van der Waals surface area (Å²) in [5, 5.41) is 6.75. The number of ketones is 1. The zero-order valence-corrected chi connectivity index (χ0v) is 9.51. The van der Waals surface area contributed by atoms with Gasteiger partial charge in [-0.25, -0.2) is 0 Å². The van der Waals surface area contributed by atoms with Gasteiger partial charge in [0.05, 0.1) is 24.3 Å². The Bertz CT molecular complexity index is 353. The molecule has 0 aromatic carbocycles. The second kappa shape index (κ2) is 4.05. The lowest BCUT2D eigenvalue weighted by atomic mass is 9.88. The molecule has 4 atom stereocenters. The first kappa shape index (κ1) is 11.4. The summed E-state index contributed by atoms with van der Waals surface area (Å²) >= 11 is 0. The number of carbonyl (C=O) groups is 1. The Balaban J connectivity index is 2.07. The van der Waals surface area contributed by atoms with E-state index in [2.05, 4.69) is 15.3 Å². The van der Waals surface area contributed by atoms with Gasteiger partial charge in [0.1, 0.15) is 5.78 Å². The lowest BCUT2D eigenvalue weighted by molar-refractivity contribution is -0.119. The van der Waals surface area contributed by atoms with Gasteiger partial charge in [-0.15, -0.1) is 0 Å². The minimum absolute atomic E-state index is 0.0767. The molecule has 2 heterocycles. The van der Waals surface area contributed by atoms with Crippen molar-refractivity contribution in [1.82, 2.24) is 5.32 Å². The van der Waals surface area contributed by atoms with E-state index in [1.165, 1.54) is 0 Å². The van der Waals surface area contributed by atoms with Crippen molar-refractivity contribution in [2.24, 2.45) is 11.0 Å². The third-order valence-corrected chi connectivity index (χ3v) is 3.45. The van der Waals surface area contributed by atoms with E-state index in [1.807, 2.05) is 6.92 Å². The van der Waals surface area contributed by atoms with E-state index in [-0.39, 0.29) is 23.8 Å². The van der Waals surface area contributed by atoms with E-state index in [0.717, 1.165) is 6.42 Å². The van der Waals surface area contributed by atoms with Crippen LogP contribution in [0.15, 0.2) is 5.11 Å². The maximum Gasteiger partial charge on any atom is 0.147 e. The number of Topliss-reactive ketones (excluding diaryl/α,β-unsaturated/α-hetero) is 1. The number of nitrogens with one attached hydrogen (secondary N) is 1. The molecule has 0 radical (unpaired) electrons. The number of carbonyl (C=O) groups excluding carboxylic acids is 1. The Morgan fingerprint density at radius 3 is 3.12 bits per heavy atom. The molecule has 0 aliphatic carbocycles. The number of ether oxygens (including phenoxy) is 1. The van der Waals surface area contributed by atoms with Crippen molar-refractivity contribution >= 4 is 5.78 Å². The van der Waals surface area contributed by atoms with E-state index >= 15 is 0 Å². The van der Waals surface area contributed by atoms with Crippen LogP contribution in [0.3, 0.4) is 0 Å². The largest absolute Gasteiger partial charge is 0.370 e. The quantitative estimate of drug-likeness (QED) is 0.441. The Hall–Kier alpha value is -1.10. The molecule has 2 fully saturated rings. The van der Waals surface area contributed by atoms with Crippen LogP contribution >= 0.6 is 0 Å².